The molecule has 14 heavy (non-hydrogen) atoms. The Kier molecular flexibility index (Phi) is 2.50. The van der Waals surface area contributed by atoms with Crippen molar-refractivity contribution in [2.45, 2.75) is 0 Å². The largest absolute Gasteiger partial charge is 0.383 e. The lowest BCUT2D eigenvalue weighted by molar-refractivity contribution is 1.32. The van der Waals surface area contributed by atoms with Gasteiger partial charge < -0.3 is 5.73 Å². The molecule has 0 radical (unpaired) electrons. The fraction of sp³-hybridized carbons (Fsp3) is 0. The summed E-state index contributed by atoms with van der Waals surface area (Å²) in [6, 6.07) is 13.8. The summed E-state index contributed by atoms with van der Waals surface area (Å²) in [5.74, 6) is 0.520. The number of halogens is 1. The van der Waals surface area contributed by atoms with Crippen molar-refractivity contribution in [2.24, 2.45) is 0 Å². The molecule has 0 fully saturated rings. The predicted molar refractivity (Wildman–Crippen MR) is 61.8 cm³/mol. The number of nitrogens with two attached hydrogens (primary N) is 1. The second-order valence-electron chi connectivity index (χ2n) is 2.93. The summed E-state index contributed by atoms with van der Waals surface area (Å²) in [5.41, 5.74) is 7.67. The molecule has 2 nitrogen and oxygen atoms in total. The SMILES string of the molecule is Nc1nc(-c2ccccc2)ccc1Br. The third kappa shape index (κ3) is 1.77. The number of nitrogens with zero attached hydrogens (tertiary/aromatic N) is 1. The highest BCUT2D eigenvalue weighted by Gasteiger charge is 2.01. The van der Waals surface area contributed by atoms with Gasteiger partial charge in [0.05, 0.1) is 10.2 Å². The van der Waals surface area contributed by atoms with E-state index in [9.17, 15) is 0 Å². The second-order valence-corrected chi connectivity index (χ2v) is 3.78. The Balaban J connectivity index is 2.48. The van der Waals surface area contributed by atoms with Crippen molar-refractivity contribution in [3.63, 3.8) is 0 Å². The fourth-order valence-electron chi connectivity index (χ4n) is 1.23. The molecule has 0 bridgehead atoms. The highest BCUT2D eigenvalue weighted by molar-refractivity contribution is 9.10. The molecule has 0 saturated heterocycles. The monoisotopic (exact) mass is 248 g/mol. The van der Waals surface area contributed by atoms with Gasteiger partial charge in [-0.15, -0.1) is 0 Å². The summed E-state index contributed by atoms with van der Waals surface area (Å²) in [6.45, 7) is 0. The van der Waals surface area contributed by atoms with Gasteiger partial charge in [0.15, 0.2) is 0 Å². The van der Waals surface area contributed by atoms with E-state index in [-0.39, 0.29) is 0 Å². The molecule has 1 aromatic carbocycles. The average molecular weight is 249 g/mol. The van der Waals surface area contributed by atoms with E-state index in [0.717, 1.165) is 15.7 Å². The van der Waals surface area contributed by atoms with Crippen molar-refractivity contribution in [2.75, 3.05) is 5.73 Å². The standard InChI is InChI=1S/C11H9BrN2/c12-9-6-7-10(14-11(9)13)8-4-2-1-3-5-8/h1-7H,(H2,13,14). The molecule has 0 unspecified atom stereocenters. The smallest absolute Gasteiger partial charge is 0.138 e. The van der Waals surface area contributed by atoms with Crippen LogP contribution in [-0.4, -0.2) is 4.98 Å². The Morgan fingerprint density at radius 2 is 1.71 bits per heavy atom. The molecular formula is C11H9BrN2. The molecule has 2 rings (SSSR count). The van der Waals surface area contributed by atoms with Gasteiger partial charge >= 0.3 is 0 Å². The van der Waals surface area contributed by atoms with Crippen LogP contribution in [0.2, 0.25) is 0 Å². The Morgan fingerprint density at radius 3 is 2.36 bits per heavy atom. The van der Waals surface area contributed by atoms with E-state index in [2.05, 4.69) is 20.9 Å². The topological polar surface area (TPSA) is 38.9 Å². The molecule has 2 aromatic rings. The van der Waals surface area contributed by atoms with Crippen molar-refractivity contribution in [1.82, 2.24) is 4.98 Å². The normalized spacial score (nSPS) is 10.1. The molecule has 0 spiro atoms. The first-order chi connectivity index (χ1) is 6.77. The van der Waals surface area contributed by atoms with Crippen molar-refractivity contribution >= 4 is 21.7 Å². The number of aromatic nitrogens is 1. The van der Waals surface area contributed by atoms with E-state index in [1.54, 1.807) is 0 Å². The van der Waals surface area contributed by atoms with Crippen LogP contribution in [0.1, 0.15) is 0 Å². The number of rotatable bonds is 1. The van der Waals surface area contributed by atoms with Crippen molar-refractivity contribution in [3.8, 4) is 11.3 Å². The average Bonchev–Trinajstić information content (AvgIpc) is 2.23. The van der Waals surface area contributed by atoms with Crippen LogP contribution in [0.25, 0.3) is 11.3 Å². The first kappa shape index (κ1) is 9.21. The molecule has 0 amide bonds. The minimum absolute atomic E-state index is 0.520. The van der Waals surface area contributed by atoms with E-state index < -0.39 is 0 Å². The predicted octanol–water partition coefficient (Wildman–Crippen LogP) is 3.09. The first-order valence-corrected chi connectivity index (χ1v) is 5.04. The molecule has 0 saturated carbocycles. The number of hydrogen-bond acceptors (Lipinski definition) is 2. The fourth-order valence-corrected chi connectivity index (χ4v) is 1.45. The van der Waals surface area contributed by atoms with Gasteiger partial charge in [-0.25, -0.2) is 4.98 Å². The van der Waals surface area contributed by atoms with Gasteiger partial charge in [-0.3, -0.25) is 0 Å². The van der Waals surface area contributed by atoms with Gasteiger partial charge in [-0.2, -0.15) is 0 Å². The molecule has 0 aliphatic heterocycles. The van der Waals surface area contributed by atoms with Crippen LogP contribution >= 0.6 is 15.9 Å². The lowest BCUT2D eigenvalue weighted by Gasteiger charge is -2.02. The summed E-state index contributed by atoms with van der Waals surface area (Å²) in [6.07, 6.45) is 0. The second kappa shape index (κ2) is 3.80. The van der Waals surface area contributed by atoms with Gasteiger partial charge in [-0.05, 0) is 28.1 Å². The van der Waals surface area contributed by atoms with Crippen LogP contribution in [0, 0.1) is 0 Å². The van der Waals surface area contributed by atoms with Crippen LogP contribution in [0.15, 0.2) is 46.9 Å². The zero-order valence-corrected chi connectivity index (χ0v) is 9.03. The minimum Gasteiger partial charge on any atom is -0.383 e. The lowest BCUT2D eigenvalue weighted by Crippen LogP contribution is -1.93. The van der Waals surface area contributed by atoms with E-state index in [1.165, 1.54) is 0 Å². The Morgan fingerprint density at radius 1 is 1.00 bits per heavy atom. The molecule has 0 atom stereocenters. The summed E-state index contributed by atoms with van der Waals surface area (Å²) in [5, 5.41) is 0. The quantitative estimate of drug-likeness (QED) is 0.843. The third-order valence-electron chi connectivity index (χ3n) is 1.94. The summed E-state index contributed by atoms with van der Waals surface area (Å²) >= 11 is 3.31. The molecule has 0 aliphatic carbocycles. The van der Waals surface area contributed by atoms with Crippen LogP contribution in [0.3, 0.4) is 0 Å². The maximum absolute atomic E-state index is 5.70. The van der Waals surface area contributed by atoms with E-state index in [4.69, 9.17) is 5.73 Å². The molecule has 0 aliphatic rings. The van der Waals surface area contributed by atoms with E-state index >= 15 is 0 Å². The van der Waals surface area contributed by atoms with Gasteiger partial charge in [0.1, 0.15) is 5.82 Å². The molecule has 1 aromatic heterocycles. The zero-order chi connectivity index (χ0) is 9.97. The number of anilines is 1. The van der Waals surface area contributed by atoms with Crippen LogP contribution in [0.5, 0.6) is 0 Å². The van der Waals surface area contributed by atoms with E-state index in [1.807, 2.05) is 42.5 Å². The van der Waals surface area contributed by atoms with Gasteiger partial charge in [0.25, 0.3) is 0 Å². The van der Waals surface area contributed by atoms with Crippen LogP contribution in [0.4, 0.5) is 5.82 Å². The highest BCUT2D eigenvalue weighted by Crippen LogP contribution is 2.22. The van der Waals surface area contributed by atoms with Gasteiger partial charge in [0.2, 0.25) is 0 Å². The van der Waals surface area contributed by atoms with Gasteiger partial charge in [-0.1, -0.05) is 30.3 Å². The highest BCUT2D eigenvalue weighted by atomic mass is 79.9. The maximum atomic E-state index is 5.70. The van der Waals surface area contributed by atoms with Crippen LogP contribution in [-0.2, 0) is 0 Å². The summed E-state index contributed by atoms with van der Waals surface area (Å²) in [4.78, 5) is 4.27. The van der Waals surface area contributed by atoms with Crippen molar-refractivity contribution < 1.29 is 0 Å². The number of benzene rings is 1. The number of nitrogen functional groups attached to an aromatic ring is 1. The first-order valence-electron chi connectivity index (χ1n) is 4.25. The van der Waals surface area contributed by atoms with E-state index in [0.29, 0.717) is 5.82 Å². The Hall–Kier alpha value is -1.35. The maximum Gasteiger partial charge on any atom is 0.138 e. The zero-order valence-electron chi connectivity index (χ0n) is 7.44. The Labute approximate surface area is 90.9 Å². The molecular weight excluding hydrogens is 240 g/mol. The van der Waals surface area contributed by atoms with Crippen molar-refractivity contribution in [1.29, 1.82) is 0 Å². The van der Waals surface area contributed by atoms with Crippen molar-refractivity contribution in [3.05, 3.63) is 46.9 Å². The third-order valence-corrected chi connectivity index (χ3v) is 2.61. The molecule has 3 heteroatoms. The summed E-state index contributed by atoms with van der Waals surface area (Å²) < 4.78 is 0.831. The summed E-state index contributed by atoms with van der Waals surface area (Å²) in [7, 11) is 0. The van der Waals surface area contributed by atoms with Gasteiger partial charge in [0, 0.05) is 5.56 Å². The number of hydrogen-bond donors (Lipinski definition) is 1. The molecule has 1 heterocycles. The molecule has 2 N–H and O–H groups in total. The lowest BCUT2D eigenvalue weighted by atomic mass is 10.1. The number of pyridine rings is 1. The van der Waals surface area contributed by atoms with Crippen LogP contribution < -0.4 is 5.73 Å². The Bertz CT molecular complexity index is 440. The minimum atomic E-state index is 0.520. The molecule has 70 valence electrons.